The molecule has 0 unspecified atom stereocenters. The number of hydrogen-bond acceptors (Lipinski definition) is 4. The van der Waals surface area contributed by atoms with Crippen molar-refractivity contribution in [2.45, 2.75) is 0 Å². The van der Waals surface area contributed by atoms with Crippen LogP contribution in [0.5, 0.6) is 11.5 Å². The van der Waals surface area contributed by atoms with E-state index in [2.05, 4.69) is 10.5 Å². The normalized spacial score (nSPS) is 10.8. The largest absolute Gasteiger partial charge is 0.507 e. The molecule has 0 aliphatic carbocycles. The van der Waals surface area contributed by atoms with E-state index in [4.69, 9.17) is 23.2 Å². The summed E-state index contributed by atoms with van der Waals surface area (Å²) in [6.07, 6.45) is 1.17. The van der Waals surface area contributed by atoms with Gasteiger partial charge in [-0.05, 0) is 24.3 Å². The Morgan fingerprint density at radius 1 is 1.10 bits per heavy atom. The van der Waals surface area contributed by atoms with E-state index in [0.717, 1.165) is 0 Å². The first-order valence-corrected chi connectivity index (χ1v) is 6.54. The van der Waals surface area contributed by atoms with Gasteiger partial charge in [0.1, 0.15) is 11.5 Å². The van der Waals surface area contributed by atoms with E-state index >= 15 is 0 Å². The van der Waals surface area contributed by atoms with Crippen LogP contribution in [0.15, 0.2) is 41.5 Å². The molecule has 0 aliphatic rings. The Kier molecular flexibility index (Phi) is 4.67. The highest BCUT2D eigenvalue weighted by atomic mass is 35.5. The van der Waals surface area contributed by atoms with Crippen molar-refractivity contribution in [2.24, 2.45) is 5.10 Å². The summed E-state index contributed by atoms with van der Waals surface area (Å²) in [7, 11) is 0. The molecule has 3 N–H and O–H groups in total. The second kappa shape index (κ2) is 6.47. The summed E-state index contributed by atoms with van der Waals surface area (Å²) in [5, 5.41) is 23.3. The van der Waals surface area contributed by atoms with Crippen molar-refractivity contribution in [1.82, 2.24) is 5.43 Å². The fourth-order valence-corrected chi connectivity index (χ4v) is 1.93. The number of hydrazone groups is 1. The molecule has 21 heavy (non-hydrogen) atoms. The van der Waals surface area contributed by atoms with Crippen molar-refractivity contribution in [3.8, 4) is 11.5 Å². The first-order chi connectivity index (χ1) is 10.0. The molecule has 0 spiro atoms. The number of nitrogens with zero attached hydrogens (tertiary/aromatic N) is 1. The Morgan fingerprint density at radius 3 is 2.48 bits per heavy atom. The van der Waals surface area contributed by atoms with E-state index in [1.807, 2.05) is 0 Å². The summed E-state index contributed by atoms with van der Waals surface area (Å²) in [6, 6.07) is 8.98. The van der Waals surface area contributed by atoms with Gasteiger partial charge in [0.25, 0.3) is 5.91 Å². The predicted octanol–water partition coefficient (Wildman–Crippen LogP) is 3.17. The van der Waals surface area contributed by atoms with Gasteiger partial charge in [-0.15, -0.1) is 0 Å². The third-order valence-electron chi connectivity index (χ3n) is 2.62. The van der Waals surface area contributed by atoms with Crippen LogP contribution in [-0.4, -0.2) is 22.3 Å². The molecule has 7 heteroatoms. The lowest BCUT2D eigenvalue weighted by Crippen LogP contribution is -2.17. The van der Waals surface area contributed by atoms with Gasteiger partial charge in [0.05, 0.1) is 27.4 Å². The lowest BCUT2D eigenvalue weighted by Gasteiger charge is -2.04. The van der Waals surface area contributed by atoms with E-state index in [9.17, 15) is 15.0 Å². The number of nitrogens with one attached hydrogen (secondary N) is 1. The summed E-state index contributed by atoms with van der Waals surface area (Å²) >= 11 is 11.6. The zero-order chi connectivity index (χ0) is 15.4. The molecule has 0 radical (unpaired) electrons. The Balaban J connectivity index is 2.15. The van der Waals surface area contributed by atoms with E-state index in [0.29, 0.717) is 0 Å². The zero-order valence-electron chi connectivity index (χ0n) is 10.5. The molecule has 1 amide bonds. The molecule has 2 aromatic rings. The molecule has 0 fully saturated rings. The summed E-state index contributed by atoms with van der Waals surface area (Å²) in [6.45, 7) is 0. The molecule has 0 aromatic heterocycles. The number of halogens is 2. The summed E-state index contributed by atoms with van der Waals surface area (Å²) in [5.41, 5.74) is 2.48. The number of carbonyl (C=O) groups is 1. The number of phenolic OH excluding ortho intramolecular Hbond substituents is 2. The van der Waals surface area contributed by atoms with Crippen LogP contribution in [0.3, 0.4) is 0 Å². The quantitative estimate of drug-likeness (QED) is 0.599. The van der Waals surface area contributed by atoms with Crippen LogP contribution < -0.4 is 5.43 Å². The third-order valence-corrected chi connectivity index (χ3v) is 3.26. The van der Waals surface area contributed by atoms with Gasteiger partial charge in [-0.25, -0.2) is 5.43 Å². The Hall–Kier alpha value is -2.24. The van der Waals surface area contributed by atoms with Gasteiger partial charge < -0.3 is 10.2 Å². The number of rotatable bonds is 3. The van der Waals surface area contributed by atoms with Crippen molar-refractivity contribution >= 4 is 35.3 Å². The van der Waals surface area contributed by atoms with Crippen molar-refractivity contribution in [3.63, 3.8) is 0 Å². The fourth-order valence-electron chi connectivity index (χ4n) is 1.56. The summed E-state index contributed by atoms with van der Waals surface area (Å²) in [4.78, 5) is 11.8. The molecule has 0 saturated heterocycles. The summed E-state index contributed by atoms with van der Waals surface area (Å²) < 4.78 is 0. The molecule has 0 saturated carbocycles. The van der Waals surface area contributed by atoms with Gasteiger partial charge in [-0.1, -0.05) is 35.3 Å². The van der Waals surface area contributed by atoms with Gasteiger partial charge in [0.15, 0.2) is 0 Å². The Bertz CT molecular complexity index is 717. The average molecular weight is 325 g/mol. The first-order valence-electron chi connectivity index (χ1n) is 5.79. The Labute approximate surface area is 130 Å². The number of para-hydroxylation sites is 1. The van der Waals surface area contributed by atoms with Gasteiger partial charge in [0.2, 0.25) is 0 Å². The maximum atomic E-state index is 11.8. The highest BCUT2D eigenvalue weighted by Crippen LogP contribution is 2.31. The van der Waals surface area contributed by atoms with Crippen molar-refractivity contribution in [2.75, 3.05) is 0 Å². The van der Waals surface area contributed by atoms with E-state index in [1.54, 1.807) is 12.1 Å². The van der Waals surface area contributed by atoms with Crippen LogP contribution in [0.4, 0.5) is 0 Å². The maximum Gasteiger partial charge on any atom is 0.275 e. The first kappa shape index (κ1) is 15.2. The van der Waals surface area contributed by atoms with Crippen LogP contribution in [-0.2, 0) is 0 Å². The SMILES string of the molecule is O=C(N/N=C/c1c(Cl)ccc(Cl)c1O)c1ccccc1O. The molecular formula is C14H10Cl2N2O3. The maximum absolute atomic E-state index is 11.8. The number of aromatic hydroxyl groups is 2. The predicted molar refractivity (Wildman–Crippen MR) is 81.3 cm³/mol. The minimum atomic E-state index is -0.595. The smallest absolute Gasteiger partial charge is 0.275 e. The van der Waals surface area contributed by atoms with Crippen LogP contribution in [0, 0.1) is 0 Å². The van der Waals surface area contributed by atoms with Crippen LogP contribution in [0.1, 0.15) is 15.9 Å². The zero-order valence-corrected chi connectivity index (χ0v) is 12.1. The minimum absolute atomic E-state index is 0.0797. The van der Waals surface area contributed by atoms with Gasteiger partial charge in [0, 0.05) is 0 Å². The standard InChI is InChI=1S/C14H10Cl2N2O3/c15-10-5-6-11(16)13(20)9(10)7-17-18-14(21)8-3-1-2-4-12(8)19/h1-7,19-20H,(H,18,21)/b17-7+. The molecule has 2 rings (SSSR count). The lowest BCUT2D eigenvalue weighted by atomic mass is 10.2. The average Bonchev–Trinajstić information content (AvgIpc) is 2.47. The van der Waals surface area contributed by atoms with Crippen molar-refractivity contribution < 1.29 is 15.0 Å². The molecule has 0 atom stereocenters. The van der Waals surface area contributed by atoms with E-state index in [-0.39, 0.29) is 32.7 Å². The number of carbonyl (C=O) groups excluding carboxylic acids is 1. The second-order valence-electron chi connectivity index (χ2n) is 4.01. The topological polar surface area (TPSA) is 81.9 Å². The molecule has 2 aromatic carbocycles. The molecule has 0 heterocycles. The van der Waals surface area contributed by atoms with E-state index < -0.39 is 5.91 Å². The third kappa shape index (κ3) is 3.45. The van der Waals surface area contributed by atoms with E-state index in [1.165, 1.54) is 30.5 Å². The molecule has 5 nitrogen and oxygen atoms in total. The number of benzene rings is 2. The van der Waals surface area contributed by atoms with Crippen molar-refractivity contribution in [1.29, 1.82) is 0 Å². The van der Waals surface area contributed by atoms with Crippen LogP contribution in [0.25, 0.3) is 0 Å². The number of phenols is 2. The van der Waals surface area contributed by atoms with Crippen LogP contribution >= 0.6 is 23.2 Å². The Morgan fingerprint density at radius 2 is 1.76 bits per heavy atom. The van der Waals surface area contributed by atoms with Crippen molar-refractivity contribution in [3.05, 3.63) is 57.6 Å². The monoisotopic (exact) mass is 324 g/mol. The molecule has 0 bridgehead atoms. The molecule has 0 aliphatic heterocycles. The highest BCUT2D eigenvalue weighted by Gasteiger charge is 2.10. The fraction of sp³-hybridized carbons (Fsp3) is 0. The minimum Gasteiger partial charge on any atom is -0.507 e. The van der Waals surface area contributed by atoms with Gasteiger partial charge >= 0.3 is 0 Å². The molecular weight excluding hydrogens is 315 g/mol. The number of hydrogen-bond donors (Lipinski definition) is 3. The summed E-state index contributed by atoms with van der Waals surface area (Å²) in [5.74, 6) is -0.986. The highest BCUT2D eigenvalue weighted by molar-refractivity contribution is 6.36. The second-order valence-corrected chi connectivity index (χ2v) is 4.82. The van der Waals surface area contributed by atoms with Crippen LogP contribution in [0.2, 0.25) is 10.0 Å². The van der Waals surface area contributed by atoms with Gasteiger partial charge in [-0.2, -0.15) is 5.10 Å². The lowest BCUT2D eigenvalue weighted by molar-refractivity contribution is 0.0952. The number of amides is 1. The van der Waals surface area contributed by atoms with Gasteiger partial charge in [-0.3, -0.25) is 4.79 Å². The molecule has 108 valence electrons.